The molecule has 1 saturated carbocycles. The maximum atomic E-state index is 12.5. The number of anilines is 1. The van der Waals surface area contributed by atoms with Crippen molar-refractivity contribution in [1.29, 1.82) is 0 Å². The topological polar surface area (TPSA) is 101 Å². The van der Waals surface area contributed by atoms with Crippen LogP contribution >= 0.6 is 22.9 Å². The van der Waals surface area contributed by atoms with E-state index in [-0.39, 0.29) is 17.9 Å². The molecule has 3 aromatic rings. The van der Waals surface area contributed by atoms with Gasteiger partial charge in [0.1, 0.15) is 10.8 Å². The number of nitrogens with one attached hydrogen (secondary N) is 1. The highest BCUT2D eigenvalue weighted by molar-refractivity contribution is 7.18. The van der Waals surface area contributed by atoms with Crippen molar-refractivity contribution in [2.75, 3.05) is 5.32 Å². The lowest BCUT2D eigenvalue weighted by Gasteiger charge is -2.26. The predicted molar refractivity (Wildman–Crippen MR) is 119 cm³/mol. The molecule has 0 bridgehead atoms. The van der Waals surface area contributed by atoms with Crippen LogP contribution in [0.2, 0.25) is 5.02 Å². The fraction of sp³-hybridized carbons (Fsp3) is 0.273. The van der Waals surface area contributed by atoms with Gasteiger partial charge in [0.15, 0.2) is 0 Å². The molecule has 1 aromatic heterocycles. The van der Waals surface area contributed by atoms with E-state index in [1.54, 1.807) is 36.4 Å². The van der Waals surface area contributed by atoms with E-state index in [2.05, 4.69) is 15.5 Å². The zero-order chi connectivity index (χ0) is 21.8. The second-order valence-electron chi connectivity index (χ2n) is 7.33. The molecule has 1 aliphatic carbocycles. The van der Waals surface area contributed by atoms with Crippen LogP contribution in [0.5, 0.6) is 5.75 Å². The van der Waals surface area contributed by atoms with Crippen molar-refractivity contribution in [2.45, 2.75) is 31.8 Å². The number of aromatic nitrogens is 2. The quantitative estimate of drug-likeness (QED) is 0.531. The fourth-order valence-electron chi connectivity index (χ4n) is 3.49. The molecule has 4 rings (SSSR count). The zero-order valence-corrected chi connectivity index (χ0v) is 18.0. The first kappa shape index (κ1) is 21.3. The van der Waals surface area contributed by atoms with E-state index < -0.39 is 5.97 Å². The van der Waals surface area contributed by atoms with E-state index in [9.17, 15) is 9.59 Å². The highest BCUT2D eigenvalue weighted by Crippen LogP contribution is 2.29. The van der Waals surface area contributed by atoms with Gasteiger partial charge in [-0.25, -0.2) is 0 Å². The van der Waals surface area contributed by atoms with E-state index in [1.807, 2.05) is 12.1 Å². The number of benzene rings is 2. The average Bonchev–Trinajstić information content (AvgIpc) is 3.23. The molecule has 1 fully saturated rings. The van der Waals surface area contributed by atoms with E-state index in [0.717, 1.165) is 5.56 Å². The van der Waals surface area contributed by atoms with Gasteiger partial charge in [-0.3, -0.25) is 14.9 Å². The number of rotatable bonds is 6. The summed E-state index contributed by atoms with van der Waals surface area (Å²) in [5.74, 6) is -0.633. The maximum absolute atomic E-state index is 12.5. The SMILES string of the molecule is O=C(Nc1nnc(-c2cccc(Cl)c2)s1)c1ccc(OC2CCC(C(=O)O)CC2)cc1. The number of nitrogens with zero attached hydrogens (tertiary/aromatic N) is 2. The molecule has 0 spiro atoms. The van der Waals surface area contributed by atoms with Crippen molar-refractivity contribution in [2.24, 2.45) is 5.92 Å². The molecule has 0 saturated heterocycles. The van der Waals surface area contributed by atoms with Gasteiger partial charge in [-0.1, -0.05) is 35.1 Å². The third kappa shape index (κ3) is 5.39. The van der Waals surface area contributed by atoms with E-state index in [1.165, 1.54) is 11.3 Å². The number of amides is 1. The van der Waals surface area contributed by atoms with Crippen LogP contribution in [0.15, 0.2) is 48.5 Å². The molecular weight excluding hydrogens is 438 g/mol. The van der Waals surface area contributed by atoms with Gasteiger partial charge in [-0.2, -0.15) is 0 Å². The Kier molecular flexibility index (Phi) is 6.48. The van der Waals surface area contributed by atoms with Crippen LogP contribution in [0.25, 0.3) is 10.6 Å². The molecule has 0 atom stereocenters. The molecule has 1 aliphatic rings. The first-order valence-electron chi connectivity index (χ1n) is 9.88. The van der Waals surface area contributed by atoms with E-state index in [0.29, 0.717) is 52.2 Å². The number of ether oxygens (including phenoxy) is 1. The Labute approximate surface area is 188 Å². The number of halogens is 1. The molecule has 9 heteroatoms. The molecule has 0 aliphatic heterocycles. The summed E-state index contributed by atoms with van der Waals surface area (Å²) in [6.07, 6.45) is 2.68. The number of hydrogen-bond acceptors (Lipinski definition) is 6. The number of carboxylic acid groups (broad SMARTS) is 1. The molecular formula is C22H20ClN3O4S. The molecule has 31 heavy (non-hydrogen) atoms. The molecule has 2 N–H and O–H groups in total. The number of carbonyl (C=O) groups is 2. The highest BCUT2D eigenvalue weighted by atomic mass is 35.5. The van der Waals surface area contributed by atoms with Crippen LogP contribution in [0.4, 0.5) is 5.13 Å². The van der Waals surface area contributed by atoms with Crippen LogP contribution in [0, 0.1) is 5.92 Å². The van der Waals surface area contributed by atoms with Gasteiger partial charge in [0.25, 0.3) is 5.91 Å². The van der Waals surface area contributed by atoms with Gasteiger partial charge in [0.05, 0.1) is 12.0 Å². The third-order valence-electron chi connectivity index (χ3n) is 5.16. The second kappa shape index (κ2) is 9.45. The van der Waals surface area contributed by atoms with Crippen molar-refractivity contribution in [3.05, 3.63) is 59.1 Å². The second-order valence-corrected chi connectivity index (χ2v) is 8.74. The van der Waals surface area contributed by atoms with E-state index in [4.69, 9.17) is 21.4 Å². The van der Waals surface area contributed by atoms with Gasteiger partial charge in [-0.15, -0.1) is 10.2 Å². The van der Waals surface area contributed by atoms with Crippen molar-refractivity contribution in [3.63, 3.8) is 0 Å². The highest BCUT2D eigenvalue weighted by Gasteiger charge is 2.26. The molecule has 0 radical (unpaired) electrons. The lowest BCUT2D eigenvalue weighted by molar-refractivity contribution is -0.143. The minimum absolute atomic E-state index is 0.00146. The first-order valence-corrected chi connectivity index (χ1v) is 11.1. The Hall–Kier alpha value is -2.97. The molecule has 1 heterocycles. The Morgan fingerprint density at radius 2 is 1.81 bits per heavy atom. The van der Waals surface area contributed by atoms with Crippen molar-refractivity contribution in [1.82, 2.24) is 10.2 Å². The Morgan fingerprint density at radius 3 is 2.48 bits per heavy atom. The molecule has 2 aromatic carbocycles. The molecule has 1 amide bonds. The minimum Gasteiger partial charge on any atom is -0.490 e. The predicted octanol–water partition coefficient (Wildman–Crippen LogP) is 5.13. The Bertz CT molecular complexity index is 1080. The van der Waals surface area contributed by atoms with Gasteiger partial charge in [0, 0.05) is 16.1 Å². The smallest absolute Gasteiger partial charge is 0.306 e. The number of carbonyl (C=O) groups excluding carboxylic acids is 1. The van der Waals surface area contributed by atoms with Crippen LogP contribution in [0.1, 0.15) is 36.0 Å². The van der Waals surface area contributed by atoms with Gasteiger partial charge >= 0.3 is 5.97 Å². The average molecular weight is 458 g/mol. The summed E-state index contributed by atoms with van der Waals surface area (Å²) in [6, 6.07) is 14.2. The van der Waals surface area contributed by atoms with E-state index >= 15 is 0 Å². The Morgan fingerprint density at radius 1 is 1.06 bits per heavy atom. The number of aliphatic carboxylic acids is 1. The summed E-state index contributed by atoms with van der Waals surface area (Å²) in [5, 5.41) is 21.6. The maximum Gasteiger partial charge on any atom is 0.306 e. The molecule has 160 valence electrons. The van der Waals surface area contributed by atoms with Crippen LogP contribution < -0.4 is 10.1 Å². The first-order chi connectivity index (χ1) is 15.0. The summed E-state index contributed by atoms with van der Waals surface area (Å²) < 4.78 is 5.94. The van der Waals surface area contributed by atoms with Gasteiger partial charge < -0.3 is 9.84 Å². The fourth-order valence-corrected chi connectivity index (χ4v) is 4.41. The lowest BCUT2D eigenvalue weighted by Crippen LogP contribution is -2.27. The van der Waals surface area contributed by atoms with Crippen LogP contribution in [0.3, 0.4) is 0 Å². The summed E-state index contributed by atoms with van der Waals surface area (Å²) in [5.41, 5.74) is 1.31. The monoisotopic (exact) mass is 457 g/mol. The largest absolute Gasteiger partial charge is 0.490 e. The van der Waals surface area contributed by atoms with Crippen LogP contribution in [-0.2, 0) is 4.79 Å². The summed E-state index contributed by atoms with van der Waals surface area (Å²) in [6.45, 7) is 0. The summed E-state index contributed by atoms with van der Waals surface area (Å²) in [7, 11) is 0. The summed E-state index contributed by atoms with van der Waals surface area (Å²) >= 11 is 7.28. The number of hydrogen-bond donors (Lipinski definition) is 2. The van der Waals surface area contributed by atoms with Gasteiger partial charge in [-0.05, 0) is 62.1 Å². The summed E-state index contributed by atoms with van der Waals surface area (Å²) in [4.78, 5) is 23.6. The van der Waals surface area contributed by atoms with Crippen molar-refractivity contribution in [3.8, 4) is 16.3 Å². The van der Waals surface area contributed by atoms with Gasteiger partial charge in [0.2, 0.25) is 5.13 Å². The molecule has 7 nitrogen and oxygen atoms in total. The van der Waals surface area contributed by atoms with Crippen molar-refractivity contribution < 1.29 is 19.4 Å². The Balaban J connectivity index is 1.33. The van der Waals surface area contributed by atoms with Crippen LogP contribution in [-0.4, -0.2) is 33.3 Å². The standard InChI is InChI=1S/C22H20ClN3O4S/c23-16-3-1-2-15(12-16)20-25-26-22(31-20)24-19(27)13-4-8-17(9-5-13)30-18-10-6-14(7-11-18)21(28)29/h1-5,8-9,12,14,18H,6-7,10-11H2,(H,28,29)(H,24,26,27). The zero-order valence-electron chi connectivity index (χ0n) is 16.5. The minimum atomic E-state index is -0.732. The van der Waals surface area contributed by atoms with Crippen molar-refractivity contribution >= 4 is 39.9 Å². The normalized spacial score (nSPS) is 18.4. The molecule has 0 unspecified atom stereocenters. The third-order valence-corrected chi connectivity index (χ3v) is 6.28. The number of carboxylic acids is 1. The lowest BCUT2D eigenvalue weighted by atomic mass is 9.87.